The Hall–Kier alpha value is -2.82. The van der Waals surface area contributed by atoms with Crippen molar-refractivity contribution in [1.82, 2.24) is 5.43 Å². The fourth-order valence-electron chi connectivity index (χ4n) is 2.40. The highest BCUT2D eigenvalue weighted by Gasteiger charge is 2.12. The number of nitrogens with zero attached hydrogens (tertiary/aromatic N) is 2. The van der Waals surface area contributed by atoms with Gasteiger partial charge in [-0.15, -0.1) is 0 Å². The van der Waals surface area contributed by atoms with Crippen LogP contribution in [-0.2, 0) is 4.79 Å². The maximum absolute atomic E-state index is 12.2. The van der Waals surface area contributed by atoms with Gasteiger partial charge in [0.2, 0.25) is 0 Å². The molecule has 0 saturated carbocycles. The Morgan fingerprint density at radius 3 is 2.40 bits per heavy atom. The normalized spacial score (nSPS) is 12.0. The zero-order valence-electron chi connectivity index (χ0n) is 15.5. The van der Waals surface area contributed by atoms with Gasteiger partial charge in [-0.2, -0.15) is 5.10 Å². The maximum atomic E-state index is 12.2. The summed E-state index contributed by atoms with van der Waals surface area (Å²) in [6, 6.07) is 13.7. The van der Waals surface area contributed by atoms with Crippen LogP contribution in [0.4, 0.5) is 11.4 Å². The third-order valence-electron chi connectivity index (χ3n) is 3.95. The van der Waals surface area contributed by atoms with Gasteiger partial charge in [0.25, 0.3) is 5.91 Å². The first-order valence-corrected chi connectivity index (χ1v) is 8.31. The lowest BCUT2D eigenvalue weighted by Gasteiger charge is -2.15. The number of carbonyl (C=O) groups is 1. The van der Waals surface area contributed by atoms with Crippen LogP contribution in [0.5, 0.6) is 0 Å². The van der Waals surface area contributed by atoms with Gasteiger partial charge in [0.05, 0.1) is 6.21 Å². The zero-order valence-corrected chi connectivity index (χ0v) is 15.5. The minimum atomic E-state index is -0.380. The lowest BCUT2D eigenvalue weighted by atomic mass is 10.1. The number of carbonyl (C=O) groups excluding carboxylic acids is 1. The van der Waals surface area contributed by atoms with Crippen molar-refractivity contribution in [3.63, 3.8) is 0 Å². The minimum Gasteiger partial charge on any atom is -0.378 e. The van der Waals surface area contributed by atoms with Crippen LogP contribution in [0.25, 0.3) is 0 Å². The van der Waals surface area contributed by atoms with Crippen LogP contribution in [0, 0.1) is 13.8 Å². The number of rotatable bonds is 6. The topological polar surface area (TPSA) is 56.7 Å². The first-order chi connectivity index (χ1) is 11.9. The van der Waals surface area contributed by atoms with Gasteiger partial charge in [-0.3, -0.25) is 4.79 Å². The Morgan fingerprint density at radius 1 is 1.12 bits per heavy atom. The van der Waals surface area contributed by atoms with E-state index in [-0.39, 0.29) is 11.9 Å². The highest BCUT2D eigenvalue weighted by Crippen LogP contribution is 2.17. The molecule has 2 aromatic rings. The molecule has 2 N–H and O–H groups in total. The molecule has 5 nitrogen and oxygen atoms in total. The molecule has 0 fully saturated rings. The molecule has 0 heterocycles. The molecule has 2 rings (SSSR count). The number of aryl methyl sites for hydroxylation is 2. The summed E-state index contributed by atoms with van der Waals surface area (Å²) in [6.45, 7) is 5.89. The summed E-state index contributed by atoms with van der Waals surface area (Å²) in [5.74, 6) is -0.180. The van der Waals surface area contributed by atoms with Crippen LogP contribution in [0.3, 0.4) is 0 Å². The molecule has 25 heavy (non-hydrogen) atoms. The second-order valence-corrected chi connectivity index (χ2v) is 6.40. The predicted molar refractivity (Wildman–Crippen MR) is 106 cm³/mol. The Balaban J connectivity index is 1.90. The van der Waals surface area contributed by atoms with E-state index in [4.69, 9.17) is 0 Å². The summed E-state index contributed by atoms with van der Waals surface area (Å²) in [5, 5.41) is 7.25. The van der Waals surface area contributed by atoms with E-state index in [9.17, 15) is 4.79 Å². The first-order valence-electron chi connectivity index (χ1n) is 8.31. The lowest BCUT2D eigenvalue weighted by Crippen LogP contribution is -2.35. The van der Waals surface area contributed by atoms with E-state index < -0.39 is 0 Å². The monoisotopic (exact) mass is 338 g/mol. The maximum Gasteiger partial charge on any atom is 0.262 e. The van der Waals surface area contributed by atoms with E-state index in [1.165, 1.54) is 5.56 Å². The van der Waals surface area contributed by atoms with Crippen LogP contribution in [-0.4, -0.2) is 32.3 Å². The number of benzene rings is 2. The van der Waals surface area contributed by atoms with E-state index in [1.54, 1.807) is 6.21 Å². The molecule has 0 radical (unpaired) electrons. The second-order valence-electron chi connectivity index (χ2n) is 6.40. The average molecular weight is 338 g/mol. The van der Waals surface area contributed by atoms with Crippen molar-refractivity contribution in [2.24, 2.45) is 5.10 Å². The van der Waals surface area contributed by atoms with Gasteiger partial charge in [0.15, 0.2) is 0 Å². The summed E-state index contributed by atoms with van der Waals surface area (Å²) >= 11 is 0. The van der Waals surface area contributed by atoms with Gasteiger partial charge >= 0.3 is 0 Å². The largest absolute Gasteiger partial charge is 0.378 e. The van der Waals surface area contributed by atoms with Crippen molar-refractivity contribution >= 4 is 23.5 Å². The molecule has 1 atom stereocenters. The third-order valence-corrected chi connectivity index (χ3v) is 3.95. The van der Waals surface area contributed by atoms with Gasteiger partial charge in [0, 0.05) is 25.5 Å². The van der Waals surface area contributed by atoms with E-state index in [1.807, 2.05) is 76.2 Å². The van der Waals surface area contributed by atoms with Gasteiger partial charge in [-0.05, 0) is 50.1 Å². The van der Waals surface area contributed by atoms with Crippen molar-refractivity contribution in [1.29, 1.82) is 0 Å². The van der Waals surface area contributed by atoms with Crippen LogP contribution in [0.15, 0.2) is 47.6 Å². The number of hydrogen-bond donors (Lipinski definition) is 2. The zero-order chi connectivity index (χ0) is 18.4. The molecule has 1 unspecified atom stereocenters. The SMILES string of the molecule is Cc1ccc(NC(C)C(=O)N/N=C\c2ccc(N(C)C)cc2)c(C)c1. The molecule has 0 saturated heterocycles. The Bertz CT molecular complexity index is 751. The van der Waals surface area contributed by atoms with Crippen LogP contribution in [0.1, 0.15) is 23.6 Å². The Labute approximate surface area is 149 Å². The molecule has 5 heteroatoms. The van der Waals surface area contributed by atoms with Crippen LogP contribution in [0.2, 0.25) is 0 Å². The smallest absolute Gasteiger partial charge is 0.262 e. The van der Waals surface area contributed by atoms with Crippen LogP contribution >= 0.6 is 0 Å². The first kappa shape index (κ1) is 18.5. The molecule has 0 aliphatic heterocycles. The van der Waals surface area contributed by atoms with E-state index in [0.717, 1.165) is 22.5 Å². The molecular formula is C20H26N4O. The Kier molecular flexibility index (Phi) is 6.17. The standard InChI is InChI=1S/C20H26N4O/c1-14-6-11-19(15(2)12-14)22-16(3)20(25)23-21-13-17-7-9-18(10-8-17)24(4)5/h6-13,16,22H,1-5H3,(H,23,25)/b21-13-. The number of amides is 1. The number of hydrogen-bond acceptors (Lipinski definition) is 4. The van der Waals surface area contributed by atoms with Gasteiger partial charge in [0.1, 0.15) is 6.04 Å². The summed E-state index contributed by atoms with van der Waals surface area (Å²) in [7, 11) is 3.99. The van der Waals surface area contributed by atoms with E-state index in [0.29, 0.717) is 0 Å². The third kappa shape index (κ3) is 5.35. The van der Waals surface area contributed by atoms with Crippen molar-refractivity contribution in [3.05, 3.63) is 59.2 Å². The van der Waals surface area contributed by atoms with Gasteiger partial charge in [-0.1, -0.05) is 29.8 Å². The summed E-state index contributed by atoms with van der Waals surface area (Å²) in [5.41, 5.74) is 7.90. The van der Waals surface area contributed by atoms with Gasteiger partial charge < -0.3 is 10.2 Å². The average Bonchev–Trinajstić information content (AvgIpc) is 2.57. The highest BCUT2D eigenvalue weighted by molar-refractivity contribution is 5.86. The van der Waals surface area contributed by atoms with Crippen molar-refractivity contribution in [2.45, 2.75) is 26.8 Å². The fraction of sp³-hybridized carbons (Fsp3) is 0.300. The second kappa shape index (κ2) is 8.33. The van der Waals surface area contributed by atoms with E-state index >= 15 is 0 Å². The molecule has 0 aromatic heterocycles. The molecule has 0 bridgehead atoms. The molecule has 2 aromatic carbocycles. The van der Waals surface area contributed by atoms with E-state index in [2.05, 4.69) is 21.9 Å². The summed E-state index contributed by atoms with van der Waals surface area (Å²) in [6.07, 6.45) is 1.64. The lowest BCUT2D eigenvalue weighted by molar-refractivity contribution is -0.121. The van der Waals surface area contributed by atoms with Crippen molar-refractivity contribution < 1.29 is 4.79 Å². The molecule has 1 amide bonds. The Morgan fingerprint density at radius 2 is 1.80 bits per heavy atom. The quantitative estimate of drug-likeness (QED) is 0.627. The van der Waals surface area contributed by atoms with Gasteiger partial charge in [-0.25, -0.2) is 5.43 Å². The predicted octanol–water partition coefficient (Wildman–Crippen LogP) is 3.32. The van der Waals surface area contributed by atoms with Crippen LogP contribution < -0.4 is 15.6 Å². The molecule has 0 aliphatic rings. The van der Waals surface area contributed by atoms with Crippen molar-refractivity contribution in [3.8, 4) is 0 Å². The molecule has 0 spiro atoms. The number of nitrogens with one attached hydrogen (secondary N) is 2. The molecule has 132 valence electrons. The molecular weight excluding hydrogens is 312 g/mol. The number of anilines is 2. The molecule has 0 aliphatic carbocycles. The number of hydrazone groups is 1. The fourth-order valence-corrected chi connectivity index (χ4v) is 2.40. The minimum absolute atomic E-state index is 0.180. The van der Waals surface area contributed by atoms with Crippen molar-refractivity contribution in [2.75, 3.05) is 24.3 Å². The summed E-state index contributed by atoms with van der Waals surface area (Å²) in [4.78, 5) is 14.2. The highest BCUT2D eigenvalue weighted by atomic mass is 16.2. The summed E-state index contributed by atoms with van der Waals surface area (Å²) < 4.78 is 0.